The van der Waals surface area contributed by atoms with E-state index in [9.17, 15) is 34.2 Å². The lowest BCUT2D eigenvalue weighted by Gasteiger charge is -2.29. The average Bonchev–Trinajstić information content (AvgIpc) is 3.04. The Morgan fingerprint density at radius 2 is 1.56 bits per heavy atom. The summed E-state index contributed by atoms with van der Waals surface area (Å²) in [6.07, 6.45) is 13.0. The fraction of sp³-hybridized carbons (Fsp3) is 0.595. The zero-order valence-corrected chi connectivity index (χ0v) is 30.7. The van der Waals surface area contributed by atoms with Gasteiger partial charge in [0.25, 0.3) is 0 Å². The third-order valence-electron chi connectivity index (χ3n) is 7.74. The van der Waals surface area contributed by atoms with Crippen LogP contribution >= 0.6 is 22.6 Å². The Kier molecular flexibility index (Phi) is 21.9. The van der Waals surface area contributed by atoms with Gasteiger partial charge in [0.05, 0.1) is 18.9 Å². The molecule has 1 rings (SSSR count). The number of halogens is 1. The zero-order valence-electron chi connectivity index (χ0n) is 28.6. The van der Waals surface area contributed by atoms with Crippen molar-refractivity contribution in [3.05, 3.63) is 42.0 Å². The van der Waals surface area contributed by atoms with Crippen LogP contribution in [0.4, 0.5) is 0 Å². The summed E-state index contributed by atoms with van der Waals surface area (Å²) in [6.45, 7) is 5.80. The molecule has 48 heavy (non-hydrogen) atoms. The van der Waals surface area contributed by atoms with Crippen LogP contribution in [0, 0.1) is 17.8 Å². The zero-order chi connectivity index (χ0) is 35.8. The number of esters is 1. The van der Waals surface area contributed by atoms with Crippen molar-refractivity contribution in [2.75, 3.05) is 13.2 Å². The Hall–Kier alpha value is -3.40. The number of ketones is 1. The Labute approximate surface area is 298 Å². The van der Waals surface area contributed by atoms with Crippen LogP contribution < -0.4 is 10.1 Å². The fourth-order valence-electron chi connectivity index (χ4n) is 5.05. The molecule has 0 saturated heterocycles. The van der Waals surface area contributed by atoms with Gasteiger partial charge in [-0.3, -0.25) is 19.2 Å². The SMILES string of the molecule is CC#CCOc1ccc(C[C@H](NC(=O)[C@@H](/C=C/CCCCCCC(=O)CCCCCCC)[C@@](I)(CC(=O)O)C(=O)O)C(=O)OCC)cc1. The molecule has 1 amide bonds. The van der Waals surface area contributed by atoms with Gasteiger partial charge < -0.3 is 25.0 Å². The minimum absolute atomic E-state index is 0.0532. The molecule has 3 atom stereocenters. The van der Waals surface area contributed by atoms with Crippen molar-refractivity contribution < 1.29 is 43.7 Å². The third kappa shape index (κ3) is 17.1. The minimum atomic E-state index is -2.01. The molecule has 1 aromatic carbocycles. The van der Waals surface area contributed by atoms with Crippen molar-refractivity contribution in [2.45, 2.75) is 120 Å². The van der Waals surface area contributed by atoms with Crippen LogP contribution in [-0.2, 0) is 35.1 Å². The Morgan fingerprint density at radius 1 is 0.938 bits per heavy atom. The first kappa shape index (κ1) is 42.6. The minimum Gasteiger partial charge on any atom is -0.481 e. The van der Waals surface area contributed by atoms with Gasteiger partial charge in [-0.05, 0) is 57.2 Å². The Morgan fingerprint density at radius 3 is 2.12 bits per heavy atom. The molecule has 0 saturated carbocycles. The van der Waals surface area contributed by atoms with Crippen LogP contribution in [0.25, 0.3) is 0 Å². The first-order valence-corrected chi connectivity index (χ1v) is 18.0. The second kappa shape index (κ2) is 24.7. The number of hydrogen-bond acceptors (Lipinski definition) is 7. The number of carbonyl (C=O) groups is 5. The smallest absolute Gasteiger partial charge is 0.328 e. The molecule has 0 radical (unpaired) electrons. The molecule has 10 nitrogen and oxygen atoms in total. The molecule has 0 aromatic heterocycles. The van der Waals surface area contributed by atoms with E-state index in [0.717, 1.165) is 38.5 Å². The number of carboxylic acids is 2. The van der Waals surface area contributed by atoms with E-state index in [1.165, 1.54) is 47.9 Å². The maximum Gasteiger partial charge on any atom is 0.328 e. The molecule has 0 unspecified atom stereocenters. The summed E-state index contributed by atoms with van der Waals surface area (Å²) in [7, 11) is 0. The molecule has 0 spiro atoms. The first-order valence-electron chi connectivity index (χ1n) is 16.9. The van der Waals surface area contributed by atoms with E-state index in [1.807, 2.05) is 0 Å². The molecule has 11 heteroatoms. The van der Waals surface area contributed by atoms with E-state index in [1.54, 1.807) is 44.2 Å². The summed E-state index contributed by atoms with van der Waals surface area (Å²) in [4.78, 5) is 62.8. The highest BCUT2D eigenvalue weighted by molar-refractivity contribution is 14.1. The Bertz CT molecular complexity index is 1250. The second-order valence-electron chi connectivity index (χ2n) is 11.7. The number of Topliss-reactive ketones (excluding diaryl/α,β-unsaturated/α-hetero) is 1. The number of carboxylic acid groups (broad SMARTS) is 2. The van der Waals surface area contributed by atoms with Gasteiger partial charge in [0.1, 0.15) is 27.6 Å². The van der Waals surface area contributed by atoms with Crippen LogP contribution in [0.1, 0.15) is 110 Å². The molecule has 0 fully saturated rings. The summed E-state index contributed by atoms with van der Waals surface area (Å²) in [5, 5.41) is 22.2. The van der Waals surface area contributed by atoms with E-state index in [-0.39, 0.29) is 19.6 Å². The largest absolute Gasteiger partial charge is 0.481 e. The normalized spacial score (nSPS) is 13.4. The number of nitrogens with one attached hydrogen (secondary N) is 1. The molecule has 1 aromatic rings. The summed E-state index contributed by atoms with van der Waals surface area (Å²) in [5.41, 5.74) is 0.688. The lowest BCUT2D eigenvalue weighted by molar-refractivity contribution is -0.150. The molecule has 0 heterocycles. The number of rotatable bonds is 26. The maximum absolute atomic E-state index is 13.7. The molecular formula is C37H52INO9. The van der Waals surface area contributed by atoms with Crippen LogP contribution in [0.3, 0.4) is 0 Å². The van der Waals surface area contributed by atoms with Crippen molar-refractivity contribution in [1.82, 2.24) is 5.32 Å². The quantitative estimate of drug-likeness (QED) is 0.0228. The third-order valence-corrected chi connectivity index (χ3v) is 9.26. The number of carbonyl (C=O) groups excluding carboxylic acids is 3. The van der Waals surface area contributed by atoms with Gasteiger partial charge in [0, 0.05) is 19.3 Å². The predicted molar refractivity (Wildman–Crippen MR) is 193 cm³/mol. The highest BCUT2D eigenvalue weighted by Gasteiger charge is 2.48. The van der Waals surface area contributed by atoms with Gasteiger partial charge in [-0.1, -0.05) is 98.2 Å². The van der Waals surface area contributed by atoms with Crippen LogP contribution in [0.5, 0.6) is 5.75 Å². The number of amides is 1. The summed E-state index contributed by atoms with van der Waals surface area (Å²) >= 11 is 1.52. The van der Waals surface area contributed by atoms with Crippen LogP contribution in [0.15, 0.2) is 36.4 Å². The summed E-state index contributed by atoms with van der Waals surface area (Å²) < 4.78 is 8.70. The molecular weight excluding hydrogens is 729 g/mol. The van der Waals surface area contributed by atoms with Gasteiger partial charge >= 0.3 is 17.9 Å². The van der Waals surface area contributed by atoms with Crippen molar-refractivity contribution in [2.24, 2.45) is 5.92 Å². The van der Waals surface area contributed by atoms with E-state index in [4.69, 9.17) is 9.47 Å². The van der Waals surface area contributed by atoms with Crippen molar-refractivity contribution in [1.29, 1.82) is 0 Å². The molecule has 0 bridgehead atoms. The predicted octanol–water partition coefficient (Wildman–Crippen LogP) is 6.85. The van der Waals surface area contributed by atoms with Crippen molar-refractivity contribution in [3.63, 3.8) is 0 Å². The lowest BCUT2D eigenvalue weighted by atomic mass is 9.87. The van der Waals surface area contributed by atoms with Crippen molar-refractivity contribution in [3.8, 4) is 17.6 Å². The number of ether oxygens (including phenoxy) is 2. The molecule has 0 aliphatic carbocycles. The number of hydrogen-bond donors (Lipinski definition) is 3. The molecule has 0 aliphatic rings. The number of benzene rings is 1. The fourth-order valence-corrected chi connectivity index (χ4v) is 5.87. The van der Waals surface area contributed by atoms with Gasteiger partial charge in [-0.15, -0.1) is 5.92 Å². The van der Waals surface area contributed by atoms with Gasteiger partial charge in [0.2, 0.25) is 5.91 Å². The van der Waals surface area contributed by atoms with E-state index in [0.29, 0.717) is 36.4 Å². The number of aliphatic carboxylic acids is 2. The summed E-state index contributed by atoms with van der Waals surface area (Å²) in [5.74, 6) is 0.704. The molecule has 3 N–H and O–H groups in total. The first-order chi connectivity index (χ1) is 23.0. The van der Waals surface area contributed by atoms with E-state index < -0.39 is 45.6 Å². The van der Waals surface area contributed by atoms with Crippen molar-refractivity contribution >= 4 is 52.2 Å². The highest BCUT2D eigenvalue weighted by Crippen LogP contribution is 2.35. The monoisotopic (exact) mass is 781 g/mol. The Balaban J connectivity index is 2.93. The van der Waals surface area contributed by atoms with Gasteiger partial charge in [0.15, 0.2) is 0 Å². The molecule has 0 aliphatic heterocycles. The standard InChI is InChI=1S/C37H52INO9/c1-4-7-9-12-15-18-29(40)19-16-13-10-11-14-17-20-31(37(38,36(45)46)27-33(41)42)34(43)39-32(35(44)47-6-3)26-28-21-23-30(24-22-28)48-25-8-5-2/h17,20-24,31-32H,4,6-7,9-16,18-19,25-27H2,1-3H3,(H,39,43)(H,41,42)(H,45,46)/b20-17+/t31-,32+,37+/m1/s1. The second-order valence-corrected chi connectivity index (χ2v) is 13.6. The van der Waals surface area contributed by atoms with Gasteiger partial charge in [-0.2, -0.15) is 0 Å². The number of allylic oxidation sites excluding steroid dienone is 1. The lowest BCUT2D eigenvalue weighted by Crippen LogP contribution is -2.52. The van der Waals surface area contributed by atoms with Crippen LogP contribution in [-0.4, -0.2) is 62.5 Å². The summed E-state index contributed by atoms with van der Waals surface area (Å²) in [6, 6.07) is 5.74. The number of unbranched alkanes of at least 4 members (excludes halogenated alkanes) is 8. The van der Waals surface area contributed by atoms with E-state index in [2.05, 4.69) is 24.1 Å². The average molecular weight is 782 g/mol. The van der Waals surface area contributed by atoms with E-state index >= 15 is 0 Å². The highest BCUT2D eigenvalue weighted by atomic mass is 127. The maximum atomic E-state index is 13.7. The topological polar surface area (TPSA) is 156 Å². The number of alkyl halides is 1. The van der Waals surface area contributed by atoms with Gasteiger partial charge in [-0.25, -0.2) is 4.79 Å². The van der Waals surface area contributed by atoms with Crippen LogP contribution in [0.2, 0.25) is 0 Å². The molecule has 266 valence electrons.